The van der Waals surface area contributed by atoms with Gasteiger partial charge in [-0.15, -0.1) is 0 Å². The molecule has 0 bridgehead atoms. The summed E-state index contributed by atoms with van der Waals surface area (Å²) in [7, 11) is 0. The molecule has 0 unspecified atom stereocenters. The number of carbonyl (C=O) groups excluding carboxylic acids is 1. The maximum Gasteiger partial charge on any atom is 0.336 e. The predicted molar refractivity (Wildman–Crippen MR) is 99.6 cm³/mol. The maximum absolute atomic E-state index is 11.8. The molecule has 0 amide bonds. The summed E-state index contributed by atoms with van der Waals surface area (Å²) in [6, 6.07) is 12.7. The van der Waals surface area contributed by atoms with E-state index in [0.29, 0.717) is 11.3 Å². The molecule has 0 aromatic heterocycles. The van der Waals surface area contributed by atoms with Gasteiger partial charge in [-0.05, 0) is 73.7 Å². The summed E-state index contributed by atoms with van der Waals surface area (Å²) in [5.41, 5.74) is 3.52. The number of phenolic OH excluding ortho intramolecular Hbond substituents is 1. The molecule has 0 saturated heterocycles. The minimum absolute atomic E-state index is 0.136. The molecule has 2 aromatic carbocycles. The highest BCUT2D eigenvalue weighted by Crippen LogP contribution is 2.36. The van der Waals surface area contributed by atoms with Crippen molar-refractivity contribution in [3.05, 3.63) is 71.0 Å². The molecule has 0 atom stereocenters. The van der Waals surface area contributed by atoms with Gasteiger partial charge in [-0.3, -0.25) is 0 Å². The van der Waals surface area contributed by atoms with E-state index in [1.54, 1.807) is 24.3 Å². The Hall–Kier alpha value is -3.01. The van der Waals surface area contributed by atoms with Crippen LogP contribution in [0.4, 0.5) is 0 Å². The lowest BCUT2D eigenvalue weighted by Crippen LogP contribution is -2.32. The smallest absolute Gasteiger partial charge is 0.336 e. The first-order valence-electron chi connectivity index (χ1n) is 8.67. The summed E-state index contributed by atoms with van der Waals surface area (Å²) >= 11 is 0. The van der Waals surface area contributed by atoms with Crippen LogP contribution in [-0.4, -0.2) is 16.7 Å². The van der Waals surface area contributed by atoms with Gasteiger partial charge in [0.05, 0.1) is 0 Å². The number of benzene rings is 2. The minimum Gasteiger partial charge on any atom is -0.508 e. The molecule has 0 radical (unpaired) electrons. The fourth-order valence-corrected chi connectivity index (χ4v) is 3.28. The van der Waals surface area contributed by atoms with Crippen LogP contribution in [0.3, 0.4) is 0 Å². The molecule has 0 saturated carbocycles. The first kappa shape index (κ1) is 16.5. The van der Waals surface area contributed by atoms with Crippen molar-refractivity contribution in [2.45, 2.75) is 32.3 Å². The molecular weight excluding hydrogens is 328 g/mol. The second-order valence-electron chi connectivity index (χ2n) is 7.26. The summed E-state index contributed by atoms with van der Waals surface area (Å²) in [6.45, 7) is 4.19. The number of phenols is 1. The number of aryl methyl sites for hydroxylation is 1. The van der Waals surface area contributed by atoms with E-state index in [1.807, 2.05) is 18.2 Å². The Morgan fingerprint density at radius 1 is 1.12 bits per heavy atom. The molecule has 4 rings (SSSR count). The van der Waals surface area contributed by atoms with E-state index in [1.165, 1.54) is 6.08 Å². The van der Waals surface area contributed by atoms with Crippen LogP contribution in [0, 0.1) is 0 Å². The summed E-state index contributed by atoms with van der Waals surface area (Å²) in [4.78, 5) is 11.8. The van der Waals surface area contributed by atoms with Gasteiger partial charge in [-0.25, -0.2) is 4.79 Å². The zero-order valence-corrected chi connectivity index (χ0v) is 14.8. The number of hydrogen-bond acceptors (Lipinski definition) is 4. The standard InChI is InChI=1S/C22H20O4/c1-22(2)10-9-16-11-14(3-8-19(16)26-22)12-20-18(13-21(24)25-20)15-4-6-17(23)7-5-15/h3-8,11-13,23H,9-10H2,1-2H3. The van der Waals surface area contributed by atoms with Gasteiger partial charge in [0.15, 0.2) is 0 Å². The van der Waals surface area contributed by atoms with Gasteiger partial charge < -0.3 is 14.6 Å². The van der Waals surface area contributed by atoms with E-state index in [9.17, 15) is 9.90 Å². The number of hydrogen-bond donors (Lipinski definition) is 1. The van der Waals surface area contributed by atoms with E-state index in [2.05, 4.69) is 19.9 Å². The number of ether oxygens (including phenoxy) is 2. The maximum atomic E-state index is 11.8. The van der Waals surface area contributed by atoms with Crippen molar-refractivity contribution in [1.29, 1.82) is 0 Å². The van der Waals surface area contributed by atoms with Crippen molar-refractivity contribution in [3.8, 4) is 11.5 Å². The normalized spacial score (nSPS) is 19.5. The van der Waals surface area contributed by atoms with Crippen LogP contribution in [0.25, 0.3) is 11.6 Å². The highest BCUT2D eigenvalue weighted by atomic mass is 16.5. The quantitative estimate of drug-likeness (QED) is 0.813. The molecule has 4 heteroatoms. The van der Waals surface area contributed by atoms with Crippen molar-refractivity contribution in [2.75, 3.05) is 0 Å². The Morgan fingerprint density at radius 2 is 1.88 bits per heavy atom. The van der Waals surface area contributed by atoms with Gasteiger partial charge in [-0.2, -0.15) is 0 Å². The first-order valence-corrected chi connectivity index (χ1v) is 8.67. The zero-order chi connectivity index (χ0) is 18.3. The Labute approximate surface area is 152 Å². The molecule has 2 aliphatic rings. The molecule has 132 valence electrons. The van der Waals surface area contributed by atoms with Crippen molar-refractivity contribution >= 4 is 17.6 Å². The fourth-order valence-electron chi connectivity index (χ4n) is 3.28. The number of aromatic hydroxyl groups is 1. The third-order valence-electron chi connectivity index (χ3n) is 4.68. The fraction of sp³-hybridized carbons (Fsp3) is 0.227. The van der Waals surface area contributed by atoms with Crippen molar-refractivity contribution < 1.29 is 19.4 Å². The molecule has 2 heterocycles. The molecule has 26 heavy (non-hydrogen) atoms. The van der Waals surface area contributed by atoms with E-state index in [-0.39, 0.29) is 17.3 Å². The molecule has 0 fully saturated rings. The van der Waals surface area contributed by atoms with Gasteiger partial charge in [0.25, 0.3) is 0 Å². The van der Waals surface area contributed by atoms with Gasteiger partial charge in [0, 0.05) is 11.6 Å². The average molecular weight is 348 g/mol. The lowest BCUT2D eigenvalue weighted by molar-refractivity contribution is -0.132. The summed E-state index contributed by atoms with van der Waals surface area (Å²) in [5, 5.41) is 9.46. The molecule has 0 aliphatic carbocycles. The lowest BCUT2D eigenvalue weighted by Gasteiger charge is -2.32. The number of fused-ring (bicyclic) bond motifs is 1. The van der Waals surface area contributed by atoms with Crippen molar-refractivity contribution in [3.63, 3.8) is 0 Å². The van der Waals surface area contributed by atoms with Gasteiger partial charge in [0.1, 0.15) is 22.9 Å². The second kappa shape index (κ2) is 6.06. The Balaban J connectivity index is 1.66. The van der Waals surface area contributed by atoms with Crippen LogP contribution < -0.4 is 4.74 Å². The summed E-state index contributed by atoms with van der Waals surface area (Å²) < 4.78 is 11.4. The zero-order valence-electron chi connectivity index (χ0n) is 14.8. The van der Waals surface area contributed by atoms with Crippen LogP contribution >= 0.6 is 0 Å². The van der Waals surface area contributed by atoms with E-state index in [0.717, 1.165) is 35.3 Å². The Kier molecular flexibility index (Phi) is 3.83. The van der Waals surface area contributed by atoms with Crippen LogP contribution in [-0.2, 0) is 16.0 Å². The van der Waals surface area contributed by atoms with E-state index < -0.39 is 0 Å². The van der Waals surface area contributed by atoms with Gasteiger partial charge in [-0.1, -0.05) is 18.2 Å². The Bertz CT molecular complexity index is 933. The molecular formula is C22H20O4. The third-order valence-corrected chi connectivity index (χ3v) is 4.68. The average Bonchev–Trinajstić information content (AvgIpc) is 2.95. The largest absolute Gasteiger partial charge is 0.508 e. The van der Waals surface area contributed by atoms with Crippen LogP contribution in [0.15, 0.2) is 54.3 Å². The second-order valence-corrected chi connectivity index (χ2v) is 7.26. The van der Waals surface area contributed by atoms with Gasteiger partial charge >= 0.3 is 5.97 Å². The van der Waals surface area contributed by atoms with Crippen LogP contribution in [0.2, 0.25) is 0 Å². The molecule has 0 spiro atoms. The monoisotopic (exact) mass is 348 g/mol. The van der Waals surface area contributed by atoms with Gasteiger partial charge in [0.2, 0.25) is 0 Å². The van der Waals surface area contributed by atoms with Crippen molar-refractivity contribution in [2.24, 2.45) is 0 Å². The first-order chi connectivity index (χ1) is 12.4. The number of esters is 1. The lowest BCUT2D eigenvalue weighted by atomic mass is 9.93. The SMILES string of the molecule is CC1(C)CCc2cc(C=C3OC(=O)C=C3c3ccc(O)cc3)ccc2O1. The number of carbonyl (C=O) groups is 1. The molecule has 2 aliphatic heterocycles. The van der Waals surface area contributed by atoms with E-state index >= 15 is 0 Å². The van der Waals surface area contributed by atoms with Crippen LogP contribution in [0.5, 0.6) is 11.5 Å². The highest BCUT2D eigenvalue weighted by molar-refractivity contribution is 6.03. The molecule has 2 aromatic rings. The number of cyclic esters (lactones) is 1. The topological polar surface area (TPSA) is 55.8 Å². The Morgan fingerprint density at radius 3 is 2.65 bits per heavy atom. The molecule has 4 nitrogen and oxygen atoms in total. The number of rotatable bonds is 2. The van der Waals surface area contributed by atoms with Crippen molar-refractivity contribution in [1.82, 2.24) is 0 Å². The van der Waals surface area contributed by atoms with Crippen LogP contribution in [0.1, 0.15) is 37.0 Å². The minimum atomic E-state index is -0.387. The molecule has 1 N–H and O–H groups in total. The third kappa shape index (κ3) is 3.23. The highest BCUT2D eigenvalue weighted by Gasteiger charge is 2.27. The summed E-state index contributed by atoms with van der Waals surface area (Å²) in [6.07, 6.45) is 5.26. The predicted octanol–water partition coefficient (Wildman–Crippen LogP) is 4.48. The van der Waals surface area contributed by atoms with E-state index in [4.69, 9.17) is 9.47 Å². The summed E-state index contributed by atoms with van der Waals surface area (Å²) in [5.74, 6) is 1.23. The number of allylic oxidation sites excluding steroid dienone is 1.